The van der Waals surface area contributed by atoms with Gasteiger partial charge < -0.3 is 0 Å². The molecule has 0 aromatic heterocycles. The molecule has 0 spiro atoms. The van der Waals surface area contributed by atoms with Crippen molar-refractivity contribution in [1.82, 2.24) is 4.90 Å². The first-order chi connectivity index (χ1) is 10.4. The van der Waals surface area contributed by atoms with E-state index in [9.17, 15) is 9.59 Å². The molecule has 1 aliphatic heterocycles. The van der Waals surface area contributed by atoms with E-state index in [1.165, 1.54) is 39.3 Å². The third kappa shape index (κ3) is 2.29. The van der Waals surface area contributed by atoms with Gasteiger partial charge in [0.05, 0.1) is 6.04 Å². The number of hydrogen-bond donors (Lipinski definition) is 0. The molecule has 1 aromatic carbocycles. The highest BCUT2D eigenvalue weighted by Gasteiger charge is 2.37. The number of benzene rings is 1. The van der Waals surface area contributed by atoms with E-state index < -0.39 is 0 Å². The second-order valence-corrected chi connectivity index (χ2v) is 6.92. The molecule has 0 fully saturated rings. The standard InChI is InChI=1S/C19H23NO2/c1-11(2)13-9-15(12(3)4)14-5-6-17(16(14)10-13)20-18(21)7-8-19(20)22/h7-12,17H,5-6H2,1-4H3/t17-/m0/s1. The smallest absolute Gasteiger partial charge is 0.254 e. The minimum atomic E-state index is -0.177. The maximum atomic E-state index is 12.0. The minimum Gasteiger partial charge on any atom is -0.269 e. The average molecular weight is 297 g/mol. The largest absolute Gasteiger partial charge is 0.269 e. The molecule has 1 aliphatic carbocycles. The second-order valence-electron chi connectivity index (χ2n) is 6.92. The van der Waals surface area contributed by atoms with Gasteiger partial charge in [-0.3, -0.25) is 14.5 Å². The molecule has 3 heteroatoms. The van der Waals surface area contributed by atoms with Crippen molar-refractivity contribution >= 4 is 11.8 Å². The molecule has 116 valence electrons. The van der Waals surface area contributed by atoms with E-state index in [0.29, 0.717) is 11.8 Å². The molecule has 3 rings (SSSR count). The Labute approximate surface area is 132 Å². The lowest BCUT2D eigenvalue weighted by Crippen LogP contribution is -2.33. The second kappa shape index (κ2) is 5.38. The van der Waals surface area contributed by atoms with E-state index in [-0.39, 0.29) is 17.9 Å². The van der Waals surface area contributed by atoms with Crippen LogP contribution < -0.4 is 0 Å². The molecule has 0 saturated carbocycles. The fraction of sp³-hybridized carbons (Fsp3) is 0.474. The summed E-state index contributed by atoms with van der Waals surface area (Å²) in [6.07, 6.45) is 4.56. The van der Waals surface area contributed by atoms with Crippen LogP contribution in [0.25, 0.3) is 0 Å². The van der Waals surface area contributed by atoms with E-state index in [1.807, 2.05) is 0 Å². The van der Waals surface area contributed by atoms with Crippen molar-refractivity contribution in [2.75, 3.05) is 0 Å². The minimum absolute atomic E-state index is 0.0961. The Kier molecular flexibility index (Phi) is 3.67. The molecule has 3 nitrogen and oxygen atoms in total. The van der Waals surface area contributed by atoms with E-state index in [1.54, 1.807) is 0 Å². The summed E-state index contributed by atoms with van der Waals surface area (Å²) < 4.78 is 0. The summed E-state index contributed by atoms with van der Waals surface area (Å²) in [5, 5.41) is 0. The highest BCUT2D eigenvalue weighted by Crippen LogP contribution is 2.42. The van der Waals surface area contributed by atoms with Crippen LogP contribution in [0, 0.1) is 0 Å². The lowest BCUT2D eigenvalue weighted by atomic mass is 9.88. The molecule has 22 heavy (non-hydrogen) atoms. The predicted octanol–water partition coefficient (Wildman–Crippen LogP) is 3.85. The number of imide groups is 1. The summed E-state index contributed by atoms with van der Waals surface area (Å²) in [7, 11) is 0. The van der Waals surface area contributed by atoms with Crippen LogP contribution in [0.3, 0.4) is 0 Å². The van der Waals surface area contributed by atoms with E-state index in [2.05, 4.69) is 39.8 Å². The van der Waals surface area contributed by atoms with Gasteiger partial charge in [0.25, 0.3) is 11.8 Å². The Morgan fingerprint density at radius 1 is 1.00 bits per heavy atom. The van der Waals surface area contributed by atoms with Gasteiger partial charge in [0.1, 0.15) is 0 Å². The average Bonchev–Trinajstić information content (AvgIpc) is 3.01. The Morgan fingerprint density at radius 3 is 2.18 bits per heavy atom. The molecule has 0 bridgehead atoms. The summed E-state index contributed by atoms with van der Waals surface area (Å²) in [4.78, 5) is 25.5. The van der Waals surface area contributed by atoms with Crippen molar-refractivity contribution in [2.45, 2.75) is 58.4 Å². The van der Waals surface area contributed by atoms with Gasteiger partial charge in [-0.2, -0.15) is 0 Å². The normalized spacial score (nSPS) is 20.6. The van der Waals surface area contributed by atoms with Crippen LogP contribution in [-0.4, -0.2) is 16.7 Å². The molecule has 2 aliphatic rings. The number of fused-ring (bicyclic) bond motifs is 1. The first-order valence-corrected chi connectivity index (χ1v) is 8.12. The van der Waals surface area contributed by atoms with Crippen LogP contribution >= 0.6 is 0 Å². The topological polar surface area (TPSA) is 37.4 Å². The van der Waals surface area contributed by atoms with E-state index in [0.717, 1.165) is 12.8 Å². The highest BCUT2D eigenvalue weighted by atomic mass is 16.2. The molecular weight excluding hydrogens is 274 g/mol. The Morgan fingerprint density at radius 2 is 1.64 bits per heavy atom. The van der Waals surface area contributed by atoms with Gasteiger partial charge in [0, 0.05) is 12.2 Å². The fourth-order valence-electron chi connectivity index (χ4n) is 3.60. The number of carbonyl (C=O) groups excluding carboxylic acids is 2. The highest BCUT2D eigenvalue weighted by molar-refractivity contribution is 6.13. The molecule has 1 heterocycles. The van der Waals surface area contributed by atoms with Crippen molar-refractivity contribution in [3.63, 3.8) is 0 Å². The predicted molar refractivity (Wildman–Crippen MR) is 86.7 cm³/mol. The quantitative estimate of drug-likeness (QED) is 0.795. The Balaban J connectivity index is 2.09. The zero-order valence-electron chi connectivity index (χ0n) is 13.7. The monoisotopic (exact) mass is 297 g/mol. The molecule has 0 saturated heterocycles. The summed E-state index contributed by atoms with van der Waals surface area (Å²) in [5.74, 6) is 0.536. The van der Waals surface area contributed by atoms with E-state index >= 15 is 0 Å². The number of carbonyl (C=O) groups is 2. The maximum absolute atomic E-state index is 12.0. The summed E-state index contributed by atoms with van der Waals surface area (Å²) in [5.41, 5.74) is 5.19. The molecule has 0 radical (unpaired) electrons. The molecule has 0 N–H and O–H groups in total. The van der Waals surface area contributed by atoms with Crippen LogP contribution in [0.15, 0.2) is 24.3 Å². The maximum Gasteiger partial charge on any atom is 0.254 e. The third-order valence-electron chi connectivity index (χ3n) is 4.81. The third-order valence-corrected chi connectivity index (χ3v) is 4.81. The lowest BCUT2D eigenvalue weighted by Gasteiger charge is -2.24. The molecule has 0 unspecified atom stereocenters. The van der Waals surface area contributed by atoms with Gasteiger partial charge in [-0.25, -0.2) is 0 Å². The number of rotatable bonds is 3. The number of hydrogen-bond acceptors (Lipinski definition) is 2. The van der Waals surface area contributed by atoms with E-state index in [4.69, 9.17) is 0 Å². The van der Waals surface area contributed by atoms with Crippen molar-refractivity contribution < 1.29 is 9.59 Å². The summed E-state index contributed by atoms with van der Waals surface area (Å²) in [6.45, 7) is 8.79. The Bertz CT molecular complexity index is 652. The molecule has 1 atom stereocenters. The van der Waals surface area contributed by atoms with Crippen molar-refractivity contribution in [1.29, 1.82) is 0 Å². The van der Waals surface area contributed by atoms with Gasteiger partial charge in [-0.05, 0) is 46.9 Å². The molecule has 1 aromatic rings. The zero-order valence-corrected chi connectivity index (χ0v) is 13.7. The van der Waals surface area contributed by atoms with Gasteiger partial charge in [-0.1, -0.05) is 39.8 Å². The number of amides is 2. The van der Waals surface area contributed by atoms with Gasteiger partial charge in [0.2, 0.25) is 0 Å². The SMILES string of the molecule is CC(C)c1cc(C(C)C)c2c(c1)[C@@H](N1C(=O)C=CC1=O)CC2. The zero-order chi connectivity index (χ0) is 16.0. The lowest BCUT2D eigenvalue weighted by molar-refractivity contribution is -0.139. The van der Waals surface area contributed by atoms with Crippen LogP contribution in [0.5, 0.6) is 0 Å². The van der Waals surface area contributed by atoms with Gasteiger partial charge >= 0.3 is 0 Å². The van der Waals surface area contributed by atoms with Gasteiger partial charge in [0.15, 0.2) is 0 Å². The van der Waals surface area contributed by atoms with Crippen LogP contribution in [0.4, 0.5) is 0 Å². The van der Waals surface area contributed by atoms with Crippen LogP contribution in [-0.2, 0) is 16.0 Å². The summed E-state index contributed by atoms with van der Waals surface area (Å²) >= 11 is 0. The van der Waals surface area contributed by atoms with Crippen molar-refractivity contribution in [2.24, 2.45) is 0 Å². The molecule has 2 amide bonds. The van der Waals surface area contributed by atoms with Crippen LogP contribution in [0.1, 0.15) is 74.2 Å². The first kappa shape index (κ1) is 15.0. The molecular formula is C19H23NO2. The van der Waals surface area contributed by atoms with Gasteiger partial charge in [-0.15, -0.1) is 0 Å². The summed E-state index contributed by atoms with van der Waals surface area (Å²) in [6, 6.07) is 4.42. The van der Waals surface area contributed by atoms with Crippen molar-refractivity contribution in [3.8, 4) is 0 Å². The fourth-order valence-corrected chi connectivity index (χ4v) is 3.60. The Hall–Kier alpha value is -1.90. The number of nitrogens with zero attached hydrogens (tertiary/aromatic N) is 1. The van der Waals surface area contributed by atoms with Crippen LogP contribution in [0.2, 0.25) is 0 Å². The first-order valence-electron chi connectivity index (χ1n) is 8.12. The van der Waals surface area contributed by atoms with Crippen molar-refractivity contribution in [3.05, 3.63) is 46.5 Å².